The molecule has 0 aromatic carbocycles. The van der Waals surface area contributed by atoms with Crippen molar-refractivity contribution < 1.29 is 9.53 Å². The summed E-state index contributed by atoms with van der Waals surface area (Å²) in [7, 11) is 0. The lowest BCUT2D eigenvalue weighted by Crippen LogP contribution is -2.51. The van der Waals surface area contributed by atoms with Gasteiger partial charge in [-0.25, -0.2) is 4.79 Å². The number of carbonyl (C=O) groups excluding carboxylic acids is 1. The summed E-state index contributed by atoms with van der Waals surface area (Å²) in [6.07, 6.45) is 3.03. The maximum Gasteiger partial charge on any atom is 0.407 e. The van der Waals surface area contributed by atoms with Crippen molar-refractivity contribution in [1.29, 1.82) is 0 Å². The van der Waals surface area contributed by atoms with Crippen LogP contribution in [0.2, 0.25) is 0 Å². The number of alkyl carbamates (subject to hydrolysis) is 1. The smallest absolute Gasteiger partial charge is 0.407 e. The number of ether oxygens (including phenoxy) is 1. The fourth-order valence-electron chi connectivity index (χ4n) is 1.32. The van der Waals surface area contributed by atoms with Crippen molar-refractivity contribution >= 4 is 6.09 Å². The molecule has 0 aromatic heterocycles. The molecule has 0 bridgehead atoms. The summed E-state index contributed by atoms with van der Waals surface area (Å²) in [5.41, 5.74) is 0.00593. The van der Waals surface area contributed by atoms with E-state index in [4.69, 9.17) is 4.74 Å². The molecule has 1 rings (SSSR count). The van der Waals surface area contributed by atoms with E-state index >= 15 is 0 Å². The van der Waals surface area contributed by atoms with Crippen LogP contribution in [0, 0.1) is 0 Å². The molecule has 0 heterocycles. The topological polar surface area (TPSA) is 38.3 Å². The molecule has 70 valence electrons. The number of carbonyl (C=O) groups is 1. The summed E-state index contributed by atoms with van der Waals surface area (Å²) in [5.74, 6) is 0. The van der Waals surface area contributed by atoms with Crippen LogP contribution in [0.3, 0.4) is 0 Å². The molecule has 0 aliphatic heterocycles. The zero-order valence-electron chi connectivity index (χ0n) is 8.02. The fourth-order valence-corrected chi connectivity index (χ4v) is 1.32. The summed E-state index contributed by atoms with van der Waals surface area (Å²) in [4.78, 5) is 11.1. The average Bonchev–Trinajstić information content (AvgIpc) is 1.81. The minimum atomic E-state index is -0.285. The van der Waals surface area contributed by atoms with Crippen LogP contribution >= 0.6 is 0 Å². The molecule has 0 spiro atoms. The first-order chi connectivity index (χ1) is 5.52. The second-order valence-electron chi connectivity index (χ2n) is 3.99. The molecule has 1 amide bonds. The van der Waals surface area contributed by atoms with Crippen molar-refractivity contribution in [2.45, 2.75) is 51.7 Å². The monoisotopic (exact) mass is 171 g/mol. The Balaban J connectivity index is 2.26. The molecule has 0 atom stereocenters. The Hall–Kier alpha value is -0.730. The van der Waals surface area contributed by atoms with Crippen molar-refractivity contribution in [1.82, 2.24) is 5.32 Å². The second kappa shape index (κ2) is 3.33. The first kappa shape index (κ1) is 9.36. The van der Waals surface area contributed by atoms with Gasteiger partial charge in [0.25, 0.3) is 0 Å². The Morgan fingerprint density at radius 1 is 1.50 bits per heavy atom. The molecule has 12 heavy (non-hydrogen) atoms. The van der Waals surface area contributed by atoms with E-state index in [0.717, 1.165) is 12.8 Å². The summed E-state index contributed by atoms with van der Waals surface area (Å²) in [6, 6.07) is 0. The summed E-state index contributed by atoms with van der Waals surface area (Å²) in [5, 5.41) is 2.86. The molecule has 3 nitrogen and oxygen atoms in total. The number of nitrogens with one attached hydrogen (secondary N) is 1. The minimum Gasteiger partial charge on any atom is -0.447 e. The highest BCUT2D eigenvalue weighted by molar-refractivity contribution is 5.68. The highest BCUT2D eigenvalue weighted by Gasteiger charge is 2.33. The molecule has 0 radical (unpaired) electrons. The van der Waals surface area contributed by atoms with Crippen LogP contribution in [0.25, 0.3) is 0 Å². The number of hydrogen-bond acceptors (Lipinski definition) is 2. The van der Waals surface area contributed by atoms with Gasteiger partial charge in [-0.1, -0.05) is 0 Å². The average molecular weight is 171 g/mol. The third kappa shape index (κ3) is 2.40. The standard InChI is InChI=1S/C9H17NO2/c1-7(2)12-8(11)10-9(3)5-4-6-9/h7H,4-6H2,1-3H3,(H,10,11). The molecule has 0 aromatic rings. The first-order valence-corrected chi connectivity index (χ1v) is 4.51. The van der Waals surface area contributed by atoms with Crippen molar-refractivity contribution in [3.8, 4) is 0 Å². The Labute approximate surface area is 73.5 Å². The third-order valence-corrected chi connectivity index (χ3v) is 2.20. The predicted octanol–water partition coefficient (Wildman–Crippen LogP) is 2.06. The highest BCUT2D eigenvalue weighted by Crippen LogP contribution is 2.30. The Morgan fingerprint density at radius 3 is 2.42 bits per heavy atom. The minimum absolute atomic E-state index is 0.00593. The van der Waals surface area contributed by atoms with Crippen LogP contribution < -0.4 is 5.32 Å². The SMILES string of the molecule is CC(C)OC(=O)NC1(C)CCC1. The largest absolute Gasteiger partial charge is 0.447 e. The van der Waals surface area contributed by atoms with Gasteiger partial charge in [0.1, 0.15) is 0 Å². The van der Waals surface area contributed by atoms with Gasteiger partial charge in [-0.15, -0.1) is 0 Å². The van der Waals surface area contributed by atoms with Crippen molar-refractivity contribution in [2.75, 3.05) is 0 Å². The molecule has 3 heteroatoms. The van der Waals surface area contributed by atoms with Gasteiger partial charge in [0.05, 0.1) is 6.10 Å². The van der Waals surface area contributed by atoms with Crippen molar-refractivity contribution in [3.63, 3.8) is 0 Å². The molecule has 1 fully saturated rings. The summed E-state index contributed by atoms with van der Waals surface area (Å²) < 4.78 is 4.97. The molecule has 0 saturated heterocycles. The van der Waals surface area contributed by atoms with E-state index in [9.17, 15) is 4.79 Å². The Bertz CT molecular complexity index is 173. The Kier molecular flexibility index (Phi) is 2.60. The number of amides is 1. The van der Waals surface area contributed by atoms with Crippen molar-refractivity contribution in [3.05, 3.63) is 0 Å². The van der Waals surface area contributed by atoms with Gasteiger partial charge in [-0.2, -0.15) is 0 Å². The molecule has 1 N–H and O–H groups in total. The van der Waals surface area contributed by atoms with E-state index in [1.165, 1.54) is 6.42 Å². The quantitative estimate of drug-likeness (QED) is 0.690. The van der Waals surface area contributed by atoms with E-state index in [2.05, 4.69) is 12.2 Å². The lowest BCUT2D eigenvalue weighted by atomic mass is 9.79. The molecule has 1 aliphatic carbocycles. The second-order valence-corrected chi connectivity index (χ2v) is 3.99. The van der Waals surface area contributed by atoms with E-state index in [-0.39, 0.29) is 17.7 Å². The predicted molar refractivity (Wildman–Crippen MR) is 47.0 cm³/mol. The van der Waals surface area contributed by atoms with E-state index in [1.54, 1.807) is 0 Å². The number of hydrogen-bond donors (Lipinski definition) is 1. The Morgan fingerprint density at radius 2 is 2.08 bits per heavy atom. The third-order valence-electron chi connectivity index (χ3n) is 2.20. The van der Waals surface area contributed by atoms with Crippen molar-refractivity contribution in [2.24, 2.45) is 0 Å². The number of rotatable bonds is 2. The fraction of sp³-hybridized carbons (Fsp3) is 0.889. The highest BCUT2D eigenvalue weighted by atomic mass is 16.6. The maximum atomic E-state index is 11.1. The van der Waals surface area contributed by atoms with Crippen LogP contribution in [0.5, 0.6) is 0 Å². The van der Waals surface area contributed by atoms with Crippen LogP contribution in [0.4, 0.5) is 4.79 Å². The van der Waals surface area contributed by atoms with Gasteiger partial charge >= 0.3 is 6.09 Å². The molecule has 1 aliphatic rings. The van der Waals surface area contributed by atoms with Gasteiger partial charge in [-0.05, 0) is 40.0 Å². The summed E-state index contributed by atoms with van der Waals surface area (Å²) in [6.45, 7) is 5.75. The van der Waals surface area contributed by atoms with Crippen LogP contribution in [0.1, 0.15) is 40.0 Å². The van der Waals surface area contributed by atoms with E-state index < -0.39 is 0 Å². The van der Waals surface area contributed by atoms with Gasteiger partial charge in [0.15, 0.2) is 0 Å². The van der Waals surface area contributed by atoms with Gasteiger partial charge < -0.3 is 10.1 Å². The van der Waals surface area contributed by atoms with Crippen LogP contribution in [0.15, 0.2) is 0 Å². The molecular formula is C9H17NO2. The normalized spacial score (nSPS) is 20.0. The van der Waals surface area contributed by atoms with Gasteiger partial charge in [0.2, 0.25) is 0 Å². The van der Waals surface area contributed by atoms with Crippen LogP contribution in [-0.4, -0.2) is 17.7 Å². The first-order valence-electron chi connectivity index (χ1n) is 4.51. The summed E-state index contributed by atoms with van der Waals surface area (Å²) >= 11 is 0. The molecule has 1 saturated carbocycles. The van der Waals surface area contributed by atoms with E-state index in [0.29, 0.717) is 0 Å². The van der Waals surface area contributed by atoms with Crippen LogP contribution in [-0.2, 0) is 4.74 Å². The van der Waals surface area contributed by atoms with Gasteiger partial charge in [0, 0.05) is 5.54 Å². The zero-order valence-corrected chi connectivity index (χ0v) is 8.02. The van der Waals surface area contributed by atoms with E-state index in [1.807, 2.05) is 13.8 Å². The van der Waals surface area contributed by atoms with Gasteiger partial charge in [-0.3, -0.25) is 0 Å². The maximum absolute atomic E-state index is 11.1. The lowest BCUT2D eigenvalue weighted by Gasteiger charge is -2.38. The zero-order chi connectivity index (χ0) is 9.19. The molecular weight excluding hydrogens is 154 g/mol. The lowest BCUT2D eigenvalue weighted by molar-refractivity contribution is 0.0936. The molecule has 0 unspecified atom stereocenters.